The van der Waals surface area contributed by atoms with Crippen LogP contribution in [0.1, 0.15) is 39.3 Å². The van der Waals surface area contributed by atoms with Gasteiger partial charge in [0.15, 0.2) is 0 Å². The summed E-state index contributed by atoms with van der Waals surface area (Å²) < 4.78 is 5.56. The van der Waals surface area contributed by atoms with E-state index in [4.69, 9.17) is 4.74 Å². The number of hydrogen-bond acceptors (Lipinski definition) is 4. The molecule has 0 aliphatic rings. The Labute approximate surface area is 104 Å². The van der Waals surface area contributed by atoms with Crippen molar-refractivity contribution < 1.29 is 4.74 Å². The van der Waals surface area contributed by atoms with Crippen LogP contribution in [0.2, 0.25) is 0 Å². The smallest absolute Gasteiger partial charge is 0.216 e. The topological polar surface area (TPSA) is 47.0 Å². The van der Waals surface area contributed by atoms with Gasteiger partial charge in [0.2, 0.25) is 5.88 Å². The second-order valence-electron chi connectivity index (χ2n) is 4.49. The molecule has 17 heavy (non-hydrogen) atoms. The quantitative estimate of drug-likeness (QED) is 0.789. The van der Waals surface area contributed by atoms with Crippen molar-refractivity contribution in [2.75, 3.05) is 7.05 Å². The van der Waals surface area contributed by atoms with Gasteiger partial charge in [0, 0.05) is 24.2 Å². The molecule has 1 aromatic rings. The van der Waals surface area contributed by atoms with Gasteiger partial charge in [-0.1, -0.05) is 13.3 Å². The van der Waals surface area contributed by atoms with Crippen LogP contribution in [0.25, 0.3) is 0 Å². The fourth-order valence-electron chi connectivity index (χ4n) is 1.74. The first-order valence-corrected chi connectivity index (χ1v) is 6.30. The van der Waals surface area contributed by atoms with E-state index in [-0.39, 0.29) is 6.10 Å². The van der Waals surface area contributed by atoms with E-state index < -0.39 is 0 Å². The zero-order chi connectivity index (χ0) is 12.7. The van der Waals surface area contributed by atoms with Gasteiger partial charge in [-0.3, -0.25) is 0 Å². The van der Waals surface area contributed by atoms with Gasteiger partial charge in [-0.05, 0) is 27.3 Å². The van der Waals surface area contributed by atoms with Crippen molar-refractivity contribution in [3.8, 4) is 5.88 Å². The molecule has 0 aromatic carbocycles. The summed E-state index contributed by atoms with van der Waals surface area (Å²) in [5.41, 5.74) is 1.03. The molecule has 0 aliphatic heterocycles. The highest BCUT2D eigenvalue weighted by molar-refractivity contribution is 5.14. The third-order valence-electron chi connectivity index (χ3n) is 2.56. The number of nitrogens with zero attached hydrogens (tertiary/aromatic N) is 2. The van der Waals surface area contributed by atoms with Gasteiger partial charge in [-0.15, -0.1) is 0 Å². The predicted molar refractivity (Wildman–Crippen MR) is 69.3 cm³/mol. The molecular formula is C13H23N3O. The van der Waals surface area contributed by atoms with Crippen LogP contribution >= 0.6 is 0 Å². The first kappa shape index (κ1) is 13.9. The van der Waals surface area contributed by atoms with Crippen LogP contribution in [0.15, 0.2) is 12.4 Å². The first-order valence-electron chi connectivity index (χ1n) is 6.30. The molecule has 0 spiro atoms. The largest absolute Gasteiger partial charge is 0.475 e. The van der Waals surface area contributed by atoms with Crippen LogP contribution < -0.4 is 10.1 Å². The lowest BCUT2D eigenvalue weighted by atomic mass is 10.1. The maximum Gasteiger partial charge on any atom is 0.216 e. The van der Waals surface area contributed by atoms with E-state index in [2.05, 4.69) is 22.2 Å². The van der Waals surface area contributed by atoms with E-state index in [1.54, 1.807) is 6.33 Å². The van der Waals surface area contributed by atoms with E-state index in [9.17, 15) is 0 Å². The van der Waals surface area contributed by atoms with Crippen molar-refractivity contribution in [2.45, 2.75) is 52.2 Å². The van der Waals surface area contributed by atoms with Gasteiger partial charge < -0.3 is 10.1 Å². The van der Waals surface area contributed by atoms with Gasteiger partial charge in [0.05, 0.1) is 6.10 Å². The molecule has 96 valence electrons. The molecule has 0 aliphatic carbocycles. The van der Waals surface area contributed by atoms with Gasteiger partial charge in [0.25, 0.3) is 0 Å². The molecule has 1 atom stereocenters. The van der Waals surface area contributed by atoms with Gasteiger partial charge in [-0.25, -0.2) is 9.97 Å². The van der Waals surface area contributed by atoms with Crippen LogP contribution in [0.5, 0.6) is 5.88 Å². The molecule has 1 aromatic heterocycles. The SMILES string of the molecule is CCCC(Cc1cc(OC(C)C)ncn1)NC. The molecule has 0 fully saturated rings. The lowest BCUT2D eigenvalue weighted by Gasteiger charge is -2.15. The second-order valence-corrected chi connectivity index (χ2v) is 4.49. The lowest BCUT2D eigenvalue weighted by molar-refractivity contribution is 0.232. The Balaban J connectivity index is 2.63. The van der Waals surface area contributed by atoms with Crippen LogP contribution in [0, 0.1) is 0 Å². The molecule has 4 heteroatoms. The fourth-order valence-corrected chi connectivity index (χ4v) is 1.74. The van der Waals surface area contributed by atoms with Crippen molar-refractivity contribution in [1.82, 2.24) is 15.3 Å². The Bertz CT molecular complexity index is 328. The zero-order valence-corrected chi connectivity index (χ0v) is 11.2. The van der Waals surface area contributed by atoms with Gasteiger partial charge in [0.1, 0.15) is 6.33 Å². The summed E-state index contributed by atoms with van der Waals surface area (Å²) in [7, 11) is 1.99. The van der Waals surface area contributed by atoms with Crippen LogP contribution in [-0.4, -0.2) is 29.2 Å². The Kier molecular flexibility index (Phi) is 5.91. The Morgan fingerprint density at radius 3 is 2.71 bits per heavy atom. The Morgan fingerprint density at radius 1 is 1.35 bits per heavy atom. The third-order valence-corrected chi connectivity index (χ3v) is 2.56. The van der Waals surface area contributed by atoms with E-state index in [1.807, 2.05) is 27.0 Å². The van der Waals surface area contributed by atoms with Gasteiger partial charge in [-0.2, -0.15) is 0 Å². The Hall–Kier alpha value is -1.16. The number of rotatable bonds is 7. The summed E-state index contributed by atoms with van der Waals surface area (Å²) in [6.07, 6.45) is 4.97. The van der Waals surface area contributed by atoms with Crippen molar-refractivity contribution >= 4 is 0 Å². The van der Waals surface area contributed by atoms with E-state index in [1.165, 1.54) is 6.42 Å². The number of hydrogen-bond donors (Lipinski definition) is 1. The molecule has 1 heterocycles. The Morgan fingerprint density at radius 2 is 2.12 bits per heavy atom. The van der Waals surface area contributed by atoms with E-state index >= 15 is 0 Å². The number of ether oxygens (including phenoxy) is 1. The maximum absolute atomic E-state index is 5.56. The highest BCUT2D eigenvalue weighted by atomic mass is 16.5. The summed E-state index contributed by atoms with van der Waals surface area (Å²) in [5, 5.41) is 3.31. The minimum atomic E-state index is 0.147. The predicted octanol–water partition coefficient (Wildman–Crippen LogP) is 2.19. The maximum atomic E-state index is 5.56. The minimum Gasteiger partial charge on any atom is -0.475 e. The third kappa shape index (κ3) is 5.13. The minimum absolute atomic E-state index is 0.147. The second kappa shape index (κ2) is 7.22. The molecule has 0 bridgehead atoms. The summed E-state index contributed by atoms with van der Waals surface area (Å²) in [5.74, 6) is 0.663. The normalized spacial score (nSPS) is 12.8. The summed E-state index contributed by atoms with van der Waals surface area (Å²) in [4.78, 5) is 8.39. The molecule has 1 N–H and O–H groups in total. The molecule has 0 saturated heterocycles. The highest BCUT2D eigenvalue weighted by Crippen LogP contribution is 2.11. The van der Waals surface area contributed by atoms with Gasteiger partial charge >= 0.3 is 0 Å². The highest BCUT2D eigenvalue weighted by Gasteiger charge is 2.08. The molecular weight excluding hydrogens is 214 g/mol. The van der Waals surface area contributed by atoms with Crippen LogP contribution in [-0.2, 0) is 6.42 Å². The number of likely N-dealkylation sites (N-methyl/N-ethyl adjacent to an activating group) is 1. The van der Waals surface area contributed by atoms with Crippen LogP contribution in [0.4, 0.5) is 0 Å². The molecule has 0 amide bonds. The van der Waals surface area contributed by atoms with Crippen molar-refractivity contribution in [3.63, 3.8) is 0 Å². The average Bonchev–Trinajstić information content (AvgIpc) is 2.28. The average molecular weight is 237 g/mol. The monoisotopic (exact) mass is 237 g/mol. The standard InChI is InChI=1S/C13H23N3O/c1-5-6-11(14-4)7-12-8-13(16-9-15-12)17-10(2)3/h8-11,14H,5-7H2,1-4H3. The molecule has 0 radical (unpaired) electrons. The zero-order valence-electron chi connectivity index (χ0n) is 11.2. The van der Waals surface area contributed by atoms with Crippen molar-refractivity contribution in [1.29, 1.82) is 0 Å². The molecule has 1 unspecified atom stereocenters. The first-order chi connectivity index (χ1) is 8.15. The summed E-state index contributed by atoms with van der Waals surface area (Å²) in [6.45, 7) is 6.18. The van der Waals surface area contributed by atoms with E-state index in [0.29, 0.717) is 11.9 Å². The van der Waals surface area contributed by atoms with Crippen molar-refractivity contribution in [3.05, 3.63) is 18.1 Å². The van der Waals surface area contributed by atoms with E-state index in [0.717, 1.165) is 18.5 Å². The van der Waals surface area contributed by atoms with Crippen molar-refractivity contribution in [2.24, 2.45) is 0 Å². The number of nitrogens with one attached hydrogen (secondary N) is 1. The van der Waals surface area contributed by atoms with Crippen LogP contribution in [0.3, 0.4) is 0 Å². The summed E-state index contributed by atoms with van der Waals surface area (Å²) >= 11 is 0. The summed E-state index contributed by atoms with van der Waals surface area (Å²) in [6, 6.07) is 2.40. The fraction of sp³-hybridized carbons (Fsp3) is 0.692. The lowest BCUT2D eigenvalue weighted by Crippen LogP contribution is -2.27. The molecule has 4 nitrogen and oxygen atoms in total. The number of aromatic nitrogens is 2. The molecule has 1 rings (SSSR count). The molecule has 0 saturated carbocycles.